The number of nitrogens with zero attached hydrogens (tertiary/aromatic N) is 1. The monoisotopic (exact) mass is 614 g/mol. The second kappa shape index (κ2) is 12.2. The molecule has 3 N–H and O–H groups in total. The average Bonchev–Trinajstić information content (AvgIpc) is 3.36. The summed E-state index contributed by atoms with van der Waals surface area (Å²) in [7, 11) is -3.56. The highest BCUT2D eigenvalue weighted by atomic mass is 32.2. The molecular formula is C36H58N2O4S. The van der Waals surface area contributed by atoms with E-state index in [1.807, 2.05) is 18.2 Å². The number of aliphatic hydroxyl groups excluding tert-OH is 2. The van der Waals surface area contributed by atoms with Crippen molar-refractivity contribution >= 4 is 15.7 Å². The summed E-state index contributed by atoms with van der Waals surface area (Å²) in [5.74, 6) is 3.10. The van der Waals surface area contributed by atoms with Gasteiger partial charge in [-0.3, -0.25) is 0 Å². The maximum absolute atomic E-state index is 13.3. The van der Waals surface area contributed by atoms with Crippen LogP contribution in [0.5, 0.6) is 0 Å². The van der Waals surface area contributed by atoms with Gasteiger partial charge in [0.25, 0.3) is 0 Å². The predicted octanol–water partition coefficient (Wildman–Crippen LogP) is 6.61. The van der Waals surface area contributed by atoms with Crippen molar-refractivity contribution in [1.82, 2.24) is 4.72 Å². The molecule has 4 saturated carbocycles. The van der Waals surface area contributed by atoms with E-state index in [4.69, 9.17) is 0 Å². The van der Waals surface area contributed by atoms with Gasteiger partial charge in [0.2, 0.25) is 10.0 Å². The SMILES string of the molecule is CC[C@H]1[C@@H](O)[C@@H]2[C@H](CC[C@]3(C)[C@@H]([C@H](C)CCNS(=O)(=O)c4cccc(N5CCCCC5)c4)CC[C@@H]23)[C@@]2(C)CC[C@@H](O)C[C@@H]12. The maximum atomic E-state index is 13.3. The number of rotatable bonds is 8. The van der Waals surface area contributed by atoms with Gasteiger partial charge in [-0.05, 0) is 141 Å². The zero-order valence-corrected chi connectivity index (χ0v) is 28.0. The minimum absolute atomic E-state index is 0.193. The first kappa shape index (κ1) is 31.8. The number of nitrogens with one attached hydrogen (secondary N) is 1. The van der Waals surface area contributed by atoms with E-state index in [9.17, 15) is 18.6 Å². The number of piperidine rings is 1. The van der Waals surface area contributed by atoms with Crippen LogP contribution in [0.1, 0.15) is 105 Å². The fourth-order valence-corrected chi connectivity index (χ4v) is 12.7. The average molecular weight is 615 g/mol. The zero-order valence-electron chi connectivity index (χ0n) is 27.2. The lowest BCUT2D eigenvalue weighted by molar-refractivity contribution is -0.203. The Kier molecular flexibility index (Phi) is 9.04. The van der Waals surface area contributed by atoms with Crippen LogP contribution >= 0.6 is 0 Å². The Morgan fingerprint density at radius 3 is 2.44 bits per heavy atom. The highest BCUT2D eigenvalue weighted by molar-refractivity contribution is 7.89. The topological polar surface area (TPSA) is 89.9 Å². The minimum atomic E-state index is -3.56. The molecule has 11 atom stereocenters. The Morgan fingerprint density at radius 1 is 0.977 bits per heavy atom. The van der Waals surface area contributed by atoms with E-state index in [0.717, 1.165) is 63.7 Å². The molecule has 0 aromatic heterocycles. The molecule has 5 aliphatic rings. The molecule has 7 heteroatoms. The molecule has 4 aliphatic carbocycles. The third kappa shape index (κ3) is 5.61. The number of benzene rings is 1. The molecule has 6 nitrogen and oxygen atoms in total. The molecule has 0 bridgehead atoms. The predicted molar refractivity (Wildman–Crippen MR) is 173 cm³/mol. The summed E-state index contributed by atoms with van der Waals surface area (Å²) >= 11 is 0. The molecule has 1 saturated heterocycles. The lowest BCUT2D eigenvalue weighted by atomic mass is 9.41. The fourth-order valence-electron chi connectivity index (χ4n) is 11.6. The van der Waals surface area contributed by atoms with E-state index >= 15 is 0 Å². The van der Waals surface area contributed by atoms with Gasteiger partial charge in [0.1, 0.15) is 0 Å². The van der Waals surface area contributed by atoms with Crippen LogP contribution in [-0.4, -0.2) is 50.5 Å². The van der Waals surface area contributed by atoms with E-state index < -0.39 is 10.0 Å². The van der Waals surface area contributed by atoms with Crippen LogP contribution in [0.3, 0.4) is 0 Å². The Balaban J connectivity index is 1.11. The normalized spacial score (nSPS) is 42.1. The fraction of sp³-hybridized carbons (Fsp3) is 0.833. The van der Waals surface area contributed by atoms with Crippen molar-refractivity contribution in [2.45, 2.75) is 122 Å². The minimum Gasteiger partial charge on any atom is -0.393 e. The number of aliphatic hydroxyl groups is 2. The number of fused-ring (bicyclic) bond motifs is 5. The number of hydrogen-bond donors (Lipinski definition) is 3. The van der Waals surface area contributed by atoms with Gasteiger partial charge in [0.05, 0.1) is 17.1 Å². The lowest BCUT2D eigenvalue weighted by Gasteiger charge is -2.64. The van der Waals surface area contributed by atoms with Crippen LogP contribution in [-0.2, 0) is 10.0 Å². The van der Waals surface area contributed by atoms with Crippen LogP contribution in [0.25, 0.3) is 0 Å². The van der Waals surface area contributed by atoms with E-state index in [1.165, 1.54) is 32.1 Å². The van der Waals surface area contributed by atoms with Crippen LogP contribution < -0.4 is 9.62 Å². The van der Waals surface area contributed by atoms with E-state index in [2.05, 4.69) is 37.3 Å². The standard InChI is InChI=1S/C36H58N2O4S/c1-5-28-32-23-26(39)14-17-36(32,4)31-15-18-35(3)29(12-13-30(35)33(31)34(28)40)24(2)16-19-37-43(41,42)27-11-9-10-25(22-27)38-20-7-6-8-21-38/h9-11,22,24,26,28-34,37,39-40H,5-8,12-21,23H2,1-4H3/t24-,26-,28-,29-,30+,31+,32+,33+,34-,35-,36-/m1/s1. The third-order valence-electron chi connectivity index (χ3n) is 13.9. The molecule has 1 aromatic carbocycles. The first-order valence-electron chi connectivity index (χ1n) is 17.7. The van der Waals surface area contributed by atoms with Gasteiger partial charge in [-0.15, -0.1) is 0 Å². The molecule has 0 radical (unpaired) electrons. The summed E-state index contributed by atoms with van der Waals surface area (Å²) in [5.41, 5.74) is 1.42. The van der Waals surface area contributed by atoms with Crippen molar-refractivity contribution in [2.75, 3.05) is 24.5 Å². The summed E-state index contributed by atoms with van der Waals surface area (Å²) < 4.78 is 29.6. The second-order valence-electron chi connectivity index (χ2n) is 15.8. The summed E-state index contributed by atoms with van der Waals surface area (Å²) in [6, 6.07) is 7.47. The van der Waals surface area contributed by atoms with E-state index in [0.29, 0.717) is 46.9 Å². The van der Waals surface area contributed by atoms with Crippen molar-refractivity contribution in [2.24, 2.45) is 52.3 Å². The van der Waals surface area contributed by atoms with Crippen molar-refractivity contribution in [3.05, 3.63) is 24.3 Å². The molecule has 1 heterocycles. The molecule has 0 spiro atoms. The number of anilines is 1. The summed E-state index contributed by atoms with van der Waals surface area (Å²) in [6.45, 7) is 12.0. The molecule has 43 heavy (non-hydrogen) atoms. The molecule has 0 amide bonds. The van der Waals surface area contributed by atoms with Crippen molar-refractivity contribution in [1.29, 1.82) is 0 Å². The molecular weight excluding hydrogens is 556 g/mol. The smallest absolute Gasteiger partial charge is 0.240 e. The van der Waals surface area contributed by atoms with Gasteiger partial charge in [-0.1, -0.05) is 40.2 Å². The number of sulfonamides is 1. The maximum Gasteiger partial charge on any atom is 0.240 e. The summed E-state index contributed by atoms with van der Waals surface area (Å²) in [6.07, 6.45) is 12.5. The quantitative estimate of drug-likeness (QED) is 0.307. The highest BCUT2D eigenvalue weighted by Gasteiger charge is 2.64. The van der Waals surface area contributed by atoms with Crippen LogP contribution in [0, 0.1) is 52.3 Å². The van der Waals surface area contributed by atoms with Gasteiger partial charge in [0.15, 0.2) is 0 Å². The first-order chi connectivity index (χ1) is 20.5. The largest absolute Gasteiger partial charge is 0.393 e. The molecule has 6 rings (SSSR count). The van der Waals surface area contributed by atoms with Gasteiger partial charge in [0, 0.05) is 25.3 Å². The second-order valence-corrected chi connectivity index (χ2v) is 17.6. The molecule has 0 unspecified atom stereocenters. The van der Waals surface area contributed by atoms with Gasteiger partial charge < -0.3 is 15.1 Å². The van der Waals surface area contributed by atoms with Gasteiger partial charge in [-0.25, -0.2) is 13.1 Å². The Bertz CT molecular complexity index is 1230. The van der Waals surface area contributed by atoms with Crippen LogP contribution in [0.2, 0.25) is 0 Å². The van der Waals surface area contributed by atoms with Gasteiger partial charge >= 0.3 is 0 Å². The molecule has 1 aliphatic heterocycles. The van der Waals surface area contributed by atoms with E-state index in [1.54, 1.807) is 6.07 Å². The summed E-state index contributed by atoms with van der Waals surface area (Å²) in [5, 5.41) is 22.5. The van der Waals surface area contributed by atoms with Crippen LogP contribution in [0.4, 0.5) is 5.69 Å². The molecule has 1 aromatic rings. The highest BCUT2D eigenvalue weighted by Crippen LogP contribution is 2.69. The summed E-state index contributed by atoms with van der Waals surface area (Å²) in [4.78, 5) is 2.67. The Hall–Kier alpha value is -1.15. The van der Waals surface area contributed by atoms with Crippen molar-refractivity contribution < 1.29 is 18.6 Å². The third-order valence-corrected chi connectivity index (χ3v) is 15.4. The number of hydrogen-bond acceptors (Lipinski definition) is 5. The molecule has 5 fully saturated rings. The van der Waals surface area contributed by atoms with E-state index in [-0.39, 0.29) is 29.0 Å². The van der Waals surface area contributed by atoms with Crippen molar-refractivity contribution in [3.63, 3.8) is 0 Å². The zero-order chi connectivity index (χ0) is 30.6. The van der Waals surface area contributed by atoms with Crippen LogP contribution in [0.15, 0.2) is 29.2 Å². The molecule has 242 valence electrons. The van der Waals surface area contributed by atoms with Gasteiger partial charge in [-0.2, -0.15) is 0 Å². The lowest BCUT2D eigenvalue weighted by Crippen LogP contribution is -2.62. The Morgan fingerprint density at radius 2 is 1.70 bits per heavy atom. The first-order valence-corrected chi connectivity index (χ1v) is 19.2. The Labute approximate surface area is 261 Å². The van der Waals surface area contributed by atoms with Crippen molar-refractivity contribution in [3.8, 4) is 0 Å².